The van der Waals surface area contributed by atoms with Crippen LogP contribution in [0, 0.1) is 11.3 Å². The third-order valence-corrected chi connectivity index (χ3v) is 5.73. The third-order valence-electron chi connectivity index (χ3n) is 4.88. The number of hydrogen-bond donors (Lipinski definition) is 2. The number of nitrogens with zero attached hydrogens (tertiary/aromatic N) is 1. The van der Waals surface area contributed by atoms with Crippen molar-refractivity contribution in [1.29, 1.82) is 5.26 Å². The quantitative estimate of drug-likeness (QED) is 0.496. The summed E-state index contributed by atoms with van der Waals surface area (Å²) in [4.78, 5) is 3.24. The minimum absolute atomic E-state index is 0.0402. The van der Waals surface area contributed by atoms with Crippen molar-refractivity contribution in [3.05, 3.63) is 76.5 Å². The first-order valence-corrected chi connectivity index (χ1v) is 11.4. The molecule has 0 spiro atoms. The van der Waals surface area contributed by atoms with Gasteiger partial charge in [0.15, 0.2) is 0 Å². The second-order valence-electron chi connectivity index (χ2n) is 7.08. The van der Waals surface area contributed by atoms with E-state index in [2.05, 4.69) is 15.8 Å². The van der Waals surface area contributed by atoms with Crippen molar-refractivity contribution in [3.8, 4) is 6.07 Å². The Labute approximate surface area is 176 Å². The molecule has 1 heterocycles. The molecule has 0 bridgehead atoms. The smallest absolute Gasteiger partial charge is 0.229 e. The first-order chi connectivity index (χ1) is 13.8. The molecule has 7 heteroatoms. The second kappa shape index (κ2) is 8.73. The van der Waals surface area contributed by atoms with E-state index in [1.54, 1.807) is 18.2 Å². The Morgan fingerprint density at radius 3 is 2.66 bits per heavy atom. The lowest BCUT2D eigenvalue weighted by Crippen LogP contribution is -2.10. The number of aryl methyl sites for hydroxylation is 1. The summed E-state index contributed by atoms with van der Waals surface area (Å²) < 4.78 is 26.3. The fourth-order valence-electron chi connectivity index (χ4n) is 3.56. The summed E-state index contributed by atoms with van der Waals surface area (Å²) in [6.07, 6.45) is 6.16. The largest absolute Gasteiger partial charge is 0.361 e. The fourth-order valence-corrected chi connectivity index (χ4v) is 4.26. The van der Waals surface area contributed by atoms with Crippen molar-refractivity contribution in [2.24, 2.45) is 0 Å². The van der Waals surface area contributed by atoms with Crippen molar-refractivity contribution in [3.63, 3.8) is 0 Å². The number of aromatic nitrogens is 1. The van der Waals surface area contributed by atoms with Gasteiger partial charge in [0.2, 0.25) is 10.0 Å². The maximum atomic E-state index is 11.8. The maximum Gasteiger partial charge on any atom is 0.229 e. The highest BCUT2D eigenvalue weighted by molar-refractivity contribution is 7.92. The zero-order chi connectivity index (χ0) is 21.0. The van der Waals surface area contributed by atoms with Crippen molar-refractivity contribution < 1.29 is 8.42 Å². The first kappa shape index (κ1) is 21.0. The van der Waals surface area contributed by atoms with E-state index in [0.29, 0.717) is 10.7 Å². The topological polar surface area (TPSA) is 85.8 Å². The number of fused-ring (bicyclic) bond motifs is 1. The van der Waals surface area contributed by atoms with Crippen LogP contribution >= 0.6 is 11.6 Å². The van der Waals surface area contributed by atoms with Crippen LogP contribution in [-0.4, -0.2) is 19.7 Å². The SMILES string of the molecule is CC(=CC#N)C(CCc1ccc(Cl)cc1)c1c[nH]c2cccc(NS(C)(=O)=O)c12. The number of halogens is 1. The van der Waals surface area contributed by atoms with Crippen LogP contribution in [-0.2, 0) is 16.4 Å². The Morgan fingerprint density at radius 1 is 1.28 bits per heavy atom. The zero-order valence-corrected chi connectivity index (χ0v) is 17.8. The molecule has 0 aliphatic heterocycles. The molecule has 1 aromatic heterocycles. The van der Waals surface area contributed by atoms with Gasteiger partial charge in [-0.1, -0.05) is 35.4 Å². The number of allylic oxidation sites excluding steroid dienone is 2. The molecule has 0 fully saturated rings. The maximum absolute atomic E-state index is 11.8. The van der Waals surface area contributed by atoms with Gasteiger partial charge in [-0.2, -0.15) is 5.26 Å². The molecule has 1 atom stereocenters. The number of rotatable bonds is 7. The summed E-state index contributed by atoms with van der Waals surface area (Å²) in [6, 6.07) is 15.3. The van der Waals surface area contributed by atoms with E-state index in [1.165, 1.54) is 0 Å². The average molecular weight is 428 g/mol. The molecule has 29 heavy (non-hydrogen) atoms. The highest BCUT2D eigenvalue weighted by Gasteiger charge is 2.21. The average Bonchev–Trinajstić information content (AvgIpc) is 3.07. The Kier molecular flexibility index (Phi) is 6.31. The van der Waals surface area contributed by atoms with Crippen molar-refractivity contribution in [2.75, 3.05) is 11.0 Å². The number of aromatic amines is 1. The molecule has 5 nitrogen and oxygen atoms in total. The van der Waals surface area contributed by atoms with E-state index in [4.69, 9.17) is 11.6 Å². The van der Waals surface area contributed by atoms with E-state index < -0.39 is 10.0 Å². The van der Waals surface area contributed by atoms with Crippen LogP contribution in [0.3, 0.4) is 0 Å². The lowest BCUT2D eigenvalue weighted by atomic mass is 9.86. The highest BCUT2D eigenvalue weighted by Crippen LogP contribution is 2.37. The third kappa shape index (κ3) is 5.20. The molecule has 0 amide bonds. The molecule has 3 aromatic rings. The minimum Gasteiger partial charge on any atom is -0.361 e. The minimum atomic E-state index is -3.42. The van der Waals surface area contributed by atoms with Gasteiger partial charge < -0.3 is 4.98 Å². The van der Waals surface area contributed by atoms with Gasteiger partial charge in [0.05, 0.1) is 18.0 Å². The summed E-state index contributed by atoms with van der Waals surface area (Å²) >= 11 is 5.98. The number of nitriles is 1. The first-order valence-electron chi connectivity index (χ1n) is 9.17. The number of sulfonamides is 1. The van der Waals surface area contributed by atoms with Crippen LogP contribution in [0.4, 0.5) is 5.69 Å². The summed E-state index contributed by atoms with van der Waals surface area (Å²) in [5.74, 6) is -0.0402. The van der Waals surface area contributed by atoms with Crippen LogP contribution in [0.2, 0.25) is 5.02 Å². The fraction of sp³-hybridized carbons (Fsp3) is 0.227. The lowest BCUT2D eigenvalue weighted by Gasteiger charge is -2.18. The standard InChI is InChI=1S/C22H22ClN3O2S/c1-15(12-13-24)18(11-8-16-6-9-17(23)10-7-16)19-14-25-20-4-3-5-21(22(19)20)26-29(2,27)28/h3-7,9-10,12,14,18,25-26H,8,11H2,1-2H3. The van der Waals surface area contributed by atoms with Crippen LogP contribution < -0.4 is 4.72 Å². The van der Waals surface area contributed by atoms with Crippen molar-refractivity contribution in [2.45, 2.75) is 25.7 Å². The molecule has 0 aliphatic carbocycles. The van der Waals surface area contributed by atoms with E-state index in [9.17, 15) is 13.7 Å². The van der Waals surface area contributed by atoms with Crippen LogP contribution in [0.25, 0.3) is 10.9 Å². The van der Waals surface area contributed by atoms with Crippen LogP contribution in [0.15, 0.2) is 60.3 Å². The number of hydrogen-bond acceptors (Lipinski definition) is 3. The molecule has 2 N–H and O–H groups in total. The van der Waals surface area contributed by atoms with Crippen molar-refractivity contribution in [1.82, 2.24) is 4.98 Å². The highest BCUT2D eigenvalue weighted by atomic mass is 35.5. The molecule has 150 valence electrons. The van der Waals surface area contributed by atoms with E-state index in [-0.39, 0.29) is 5.92 Å². The summed E-state index contributed by atoms with van der Waals surface area (Å²) in [6.45, 7) is 1.93. The van der Waals surface area contributed by atoms with Gasteiger partial charge in [-0.3, -0.25) is 4.72 Å². The Balaban J connectivity index is 2.03. The van der Waals surface area contributed by atoms with Gasteiger partial charge in [0, 0.05) is 34.1 Å². The monoisotopic (exact) mass is 427 g/mol. The predicted octanol–water partition coefficient (Wildman–Crippen LogP) is 5.38. The van der Waals surface area contributed by atoms with Gasteiger partial charge in [0.25, 0.3) is 0 Å². The second-order valence-corrected chi connectivity index (χ2v) is 9.27. The van der Waals surface area contributed by atoms with E-state index >= 15 is 0 Å². The molecule has 1 unspecified atom stereocenters. The number of H-pyrrole nitrogens is 1. The summed E-state index contributed by atoms with van der Waals surface area (Å²) in [7, 11) is -3.42. The summed E-state index contributed by atoms with van der Waals surface area (Å²) in [5, 5.41) is 10.7. The van der Waals surface area contributed by atoms with E-state index in [0.717, 1.165) is 46.7 Å². The van der Waals surface area contributed by atoms with E-state index in [1.807, 2.05) is 43.5 Å². The Bertz CT molecular complexity index is 1190. The van der Waals surface area contributed by atoms with Gasteiger partial charge in [-0.05, 0) is 55.2 Å². The predicted molar refractivity (Wildman–Crippen MR) is 119 cm³/mol. The molecule has 3 rings (SSSR count). The Morgan fingerprint density at radius 2 is 2.00 bits per heavy atom. The molecular weight excluding hydrogens is 406 g/mol. The summed E-state index contributed by atoms with van der Waals surface area (Å²) in [5.41, 5.74) is 4.41. The molecule has 0 saturated heterocycles. The lowest BCUT2D eigenvalue weighted by molar-refractivity contribution is 0.607. The normalized spacial score (nSPS) is 13.2. The van der Waals surface area contributed by atoms with Crippen molar-refractivity contribution >= 4 is 38.2 Å². The molecular formula is C22H22ClN3O2S. The van der Waals surface area contributed by atoms with Crippen LogP contribution in [0.5, 0.6) is 0 Å². The van der Waals surface area contributed by atoms with Gasteiger partial charge in [-0.25, -0.2) is 8.42 Å². The molecule has 0 saturated carbocycles. The Hall–Kier alpha value is -2.75. The van der Waals surface area contributed by atoms with Gasteiger partial charge in [0.1, 0.15) is 0 Å². The van der Waals surface area contributed by atoms with Gasteiger partial charge in [-0.15, -0.1) is 0 Å². The number of anilines is 1. The molecule has 0 radical (unpaired) electrons. The molecule has 2 aromatic carbocycles. The van der Waals surface area contributed by atoms with Crippen LogP contribution in [0.1, 0.15) is 30.4 Å². The van der Waals surface area contributed by atoms with Gasteiger partial charge >= 0.3 is 0 Å². The number of benzene rings is 2. The zero-order valence-electron chi connectivity index (χ0n) is 16.2. The molecule has 0 aliphatic rings. The number of nitrogens with one attached hydrogen (secondary N) is 2.